The Morgan fingerprint density at radius 1 is 1.61 bits per heavy atom. The lowest BCUT2D eigenvalue weighted by Crippen LogP contribution is -2.29. The van der Waals surface area contributed by atoms with Gasteiger partial charge in [-0.1, -0.05) is 11.6 Å². The second-order valence-electron chi connectivity index (χ2n) is 3.09. The third kappa shape index (κ3) is 3.92. The first-order valence-corrected chi connectivity index (χ1v) is 5.12. The van der Waals surface area contributed by atoms with Gasteiger partial charge < -0.3 is 10.1 Å². The smallest absolute Gasteiger partial charge is 0.288 e. The molecule has 0 fully saturated rings. The van der Waals surface area contributed by atoms with Crippen LogP contribution in [0.15, 0.2) is 18.2 Å². The predicted octanol–water partition coefficient (Wildman–Crippen LogP) is 1.27. The minimum absolute atomic E-state index is 0.0741. The molecule has 0 aliphatic carbocycles. The van der Waals surface area contributed by atoms with E-state index in [1.54, 1.807) is 6.07 Å². The molecule has 0 radical (unpaired) electrons. The summed E-state index contributed by atoms with van der Waals surface area (Å²) in [6, 6.07) is 5.51. The monoisotopic (exact) mass is 269 g/mol. The van der Waals surface area contributed by atoms with Gasteiger partial charge in [-0.3, -0.25) is 14.9 Å². The zero-order valence-electron chi connectivity index (χ0n) is 9.05. The van der Waals surface area contributed by atoms with Crippen LogP contribution in [0, 0.1) is 21.4 Å². The second kappa shape index (κ2) is 6.42. The van der Waals surface area contributed by atoms with Crippen LogP contribution in [-0.4, -0.2) is 24.0 Å². The summed E-state index contributed by atoms with van der Waals surface area (Å²) in [4.78, 5) is 21.0. The van der Waals surface area contributed by atoms with E-state index in [0.717, 1.165) is 0 Å². The van der Waals surface area contributed by atoms with Gasteiger partial charge in [0.25, 0.3) is 11.6 Å². The molecule has 0 saturated heterocycles. The number of hydrogen-bond acceptors (Lipinski definition) is 5. The molecule has 0 heterocycles. The fraction of sp³-hybridized carbons (Fsp3) is 0.200. The summed E-state index contributed by atoms with van der Waals surface area (Å²) in [5.74, 6) is -0.233. The molecular formula is C10H8ClN3O4. The Kier molecular flexibility index (Phi) is 4.90. The maximum atomic E-state index is 11.1. The molecule has 18 heavy (non-hydrogen) atoms. The summed E-state index contributed by atoms with van der Waals surface area (Å²) in [6.07, 6.45) is 0. The molecule has 0 atom stereocenters. The van der Waals surface area contributed by atoms with Crippen LogP contribution in [0.2, 0.25) is 5.02 Å². The van der Waals surface area contributed by atoms with Crippen molar-refractivity contribution in [2.24, 2.45) is 0 Å². The minimum Gasteiger partial charge on any atom is -0.484 e. The molecule has 0 unspecified atom stereocenters. The highest BCUT2D eigenvalue weighted by molar-refractivity contribution is 6.32. The lowest BCUT2D eigenvalue weighted by Gasteiger charge is -2.05. The molecule has 94 valence electrons. The molecule has 1 N–H and O–H groups in total. The number of nitro benzene ring substituents is 1. The Morgan fingerprint density at radius 3 is 2.89 bits per heavy atom. The third-order valence-corrected chi connectivity index (χ3v) is 2.15. The van der Waals surface area contributed by atoms with Gasteiger partial charge in [-0.05, 0) is 6.07 Å². The van der Waals surface area contributed by atoms with Crippen LogP contribution in [0.4, 0.5) is 5.69 Å². The molecule has 0 aliphatic heterocycles. The molecule has 1 amide bonds. The Hall–Kier alpha value is -2.33. The van der Waals surface area contributed by atoms with E-state index in [1.807, 2.05) is 0 Å². The highest BCUT2D eigenvalue weighted by Crippen LogP contribution is 2.28. The molecule has 0 saturated carbocycles. The average molecular weight is 270 g/mol. The van der Waals surface area contributed by atoms with Crippen molar-refractivity contribution in [2.75, 3.05) is 13.2 Å². The lowest BCUT2D eigenvalue weighted by atomic mass is 10.3. The average Bonchev–Trinajstić information content (AvgIpc) is 2.33. The number of nitriles is 1. The molecule has 0 aromatic heterocycles. The quantitative estimate of drug-likeness (QED) is 0.492. The van der Waals surface area contributed by atoms with Crippen molar-refractivity contribution >= 4 is 23.2 Å². The number of halogens is 1. The summed E-state index contributed by atoms with van der Waals surface area (Å²) >= 11 is 5.66. The SMILES string of the molecule is N#CCNC(=O)COc1ccc([N+](=O)[O-])c(Cl)c1. The number of hydrogen-bond donors (Lipinski definition) is 1. The van der Waals surface area contributed by atoms with Gasteiger partial charge in [0, 0.05) is 12.1 Å². The van der Waals surface area contributed by atoms with Gasteiger partial charge in [-0.25, -0.2) is 0 Å². The van der Waals surface area contributed by atoms with Crippen molar-refractivity contribution in [3.8, 4) is 11.8 Å². The molecule has 1 rings (SSSR count). The summed E-state index contributed by atoms with van der Waals surface area (Å²) in [5.41, 5.74) is -0.238. The van der Waals surface area contributed by atoms with Crippen molar-refractivity contribution in [3.05, 3.63) is 33.3 Å². The van der Waals surface area contributed by atoms with Crippen LogP contribution in [0.3, 0.4) is 0 Å². The van der Waals surface area contributed by atoms with Crippen LogP contribution in [-0.2, 0) is 4.79 Å². The molecule has 0 spiro atoms. The number of nitrogens with zero attached hydrogens (tertiary/aromatic N) is 2. The maximum Gasteiger partial charge on any atom is 0.288 e. The molecule has 0 bridgehead atoms. The zero-order chi connectivity index (χ0) is 13.5. The highest BCUT2D eigenvalue weighted by Gasteiger charge is 2.13. The van der Waals surface area contributed by atoms with Gasteiger partial charge in [-0.15, -0.1) is 0 Å². The van der Waals surface area contributed by atoms with Gasteiger partial charge in [-0.2, -0.15) is 5.26 Å². The van der Waals surface area contributed by atoms with E-state index in [9.17, 15) is 14.9 Å². The van der Waals surface area contributed by atoms with Crippen molar-refractivity contribution < 1.29 is 14.5 Å². The van der Waals surface area contributed by atoms with Gasteiger partial charge in [0.2, 0.25) is 0 Å². The van der Waals surface area contributed by atoms with Crippen molar-refractivity contribution in [3.63, 3.8) is 0 Å². The standard InChI is InChI=1S/C10H8ClN3O4/c11-8-5-7(1-2-9(8)14(16)17)18-6-10(15)13-4-3-12/h1-2,5H,4,6H2,(H,13,15). The molecule has 0 aliphatic rings. The molecule has 1 aromatic carbocycles. The lowest BCUT2D eigenvalue weighted by molar-refractivity contribution is -0.384. The first kappa shape index (κ1) is 13.7. The Bertz CT molecular complexity index is 512. The van der Waals surface area contributed by atoms with Crippen LogP contribution >= 0.6 is 11.6 Å². The minimum atomic E-state index is -0.619. The highest BCUT2D eigenvalue weighted by atomic mass is 35.5. The summed E-state index contributed by atoms with van der Waals surface area (Å²) in [5, 5.41) is 20.9. The van der Waals surface area contributed by atoms with E-state index in [1.165, 1.54) is 18.2 Å². The normalized spacial score (nSPS) is 9.33. The Labute approximate surface area is 107 Å². The Balaban J connectivity index is 2.59. The fourth-order valence-electron chi connectivity index (χ4n) is 1.06. The van der Waals surface area contributed by atoms with Gasteiger partial charge in [0.15, 0.2) is 6.61 Å². The molecule has 8 heteroatoms. The van der Waals surface area contributed by atoms with E-state index < -0.39 is 10.8 Å². The number of benzene rings is 1. The van der Waals surface area contributed by atoms with E-state index in [0.29, 0.717) is 0 Å². The summed E-state index contributed by atoms with van der Waals surface area (Å²) in [6.45, 7) is -0.404. The third-order valence-electron chi connectivity index (χ3n) is 1.85. The van der Waals surface area contributed by atoms with Crippen LogP contribution in [0.25, 0.3) is 0 Å². The zero-order valence-corrected chi connectivity index (χ0v) is 9.81. The number of amides is 1. The first-order valence-electron chi connectivity index (χ1n) is 4.75. The van der Waals surface area contributed by atoms with Crippen LogP contribution in [0.1, 0.15) is 0 Å². The van der Waals surface area contributed by atoms with E-state index >= 15 is 0 Å². The fourth-order valence-corrected chi connectivity index (χ4v) is 1.30. The van der Waals surface area contributed by atoms with Gasteiger partial charge >= 0.3 is 0 Å². The second-order valence-corrected chi connectivity index (χ2v) is 3.50. The van der Waals surface area contributed by atoms with E-state index in [-0.39, 0.29) is 29.6 Å². The number of ether oxygens (including phenoxy) is 1. The number of carbonyl (C=O) groups is 1. The van der Waals surface area contributed by atoms with Crippen molar-refractivity contribution in [1.29, 1.82) is 5.26 Å². The van der Waals surface area contributed by atoms with Crippen molar-refractivity contribution in [1.82, 2.24) is 5.32 Å². The largest absolute Gasteiger partial charge is 0.484 e. The molecule has 1 aromatic rings. The predicted molar refractivity (Wildman–Crippen MR) is 62.2 cm³/mol. The van der Waals surface area contributed by atoms with Crippen LogP contribution < -0.4 is 10.1 Å². The van der Waals surface area contributed by atoms with E-state index in [2.05, 4.69) is 5.32 Å². The van der Waals surface area contributed by atoms with E-state index in [4.69, 9.17) is 21.6 Å². The summed E-state index contributed by atoms with van der Waals surface area (Å²) < 4.78 is 5.05. The number of nitrogens with one attached hydrogen (secondary N) is 1. The maximum absolute atomic E-state index is 11.1. The molecule has 7 nitrogen and oxygen atoms in total. The van der Waals surface area contributed by atoms with Crippen LogP contribution in [0.5, 0.6) is 5.75 Å². The Morgan fingerprint density at radius 2 is 2.33 bits per heavy atom. The summed E-state index contributed by atoms with van der Waals surface area (Å²) in [7, 11) is 0. The van der Waals surface area contributed by atoms with Gasteiger partial charge in [0.05, 0.1) is 11.0 Å². The topological polar surface area (TPSA) is 105 Å². The number of carbonyl (C=O) groups excluding carboxylic acids is 1. The van der Waals surface area contributed by atoms with Crippen molar-refractivity contribution in [2.45, 2.75) is 0 Å². The first-order chi connectivity index (χ1) is 8.54. The number of rotatable bonds is 5. The van der Waals surface area contributed by atoms with Gasteiger partial charge in [0.1, 0.15) is 17.3 Å². The molecular weight excluding hydrogens is 262 g/mol. The number of nitro groups is 1.